The molecule has 3 heterocycles. The quantitative estimate of drug-likeness (QED) is 0.599. The molecule has 1 aliphatic rings. The fraction of sp³-hybridized carbons (Fsp3) is 0.222. The van der Waals surface area contributed by atoms with Crippen LogP contribution in [-0.4, -0.2) is 41.3 Å². The van der Waals surface area contributed by atoms with E-state index in [4.69, 9.17) is 0 Å². The van der Waals surface area contributed by atoms with Crippen LogP contribution in [-0.2, 0) is 21.4 Å². The average Bonchev–Trinajstić information content (AvgIpc) is 3.47. The third-order valence-corrected chi connectivity index (χ3v) is 9.27. The maximum atomic E-state index is 13.1. The minimum atomic E-state index is -3.89. The third kappa shape index (κ3) is 4.38. The van der Waals surface area contributed by atoms with Crippen LogP contribution < -0.4 is 5.32 Å². The van der Waals surface area contributed by atoms with Crippen molar-refractivity contribution in [3.8, 4) is 9.88 Å². The lowest BCUT2D eigenvalue weighted by Crippen LogP contribution is -2.46. The van der Waals surface area contributed by atoms with Gasteiger partial charge >= 0.3 is 0 Å². The molecule has 0 unspecified atom stereocenters. The predicted molar refractivity (Wildman–Crippen MR) is 114 cm³/mol. The van der Waals surface area contributed by atoms with Crippen molar-refractivity contribution >= 4 is 50.4 Å². The molecule has 1 aromatic carbocycles. The van der Waals surface area contributed by atoms with Gasteiger partial charge in [0.25, 0.3) is 0 Å². The van der Waals surface area contributed by atoms with Crippen LogP contribution in [0.15, 0.2) is 52.1 Å². The van der Waals surface area contributed by atoms with Gasteiger partial charge in [0.1, 0.15) is 16.9 Å². The van der Waals surface area contributed by atoms with Crippen molar-refractivity contribution in [2.45, 2.75) is 17.5 Å². The number of nitrogens with zero attached hydrogens (tertiary/aromatic N) is 2. The van der Waals surface area contributed by atoms with Crippen LogP contribution in [0.2, 0.25) is 0 Å². The number of hydrogen-bond donors (Lipinski definition) is 1. The number of carbonyl (C=O) groups excluding carboxylic acids is 1. The third-order valence-electron chi connectivity index (χ3n) is 4.29. The Morgan fingerprint density at radius 2 is 2.03 bits per heavy atom. The van der Waals surface area contributed by atoms with Gasteiger partial charge in [0.05, 0.1) is 27.9 Å². The lowest BCUT2D eigenvalue weighted by atomic mass is 10.3. The molecule has 1 amide bonds. The van der Waals surface area contributed by atoms with E-state index >= 15 is 0 Å². The number of nitrogens with one attached hydrogen (secondary N) is 1. The molecule has 11 heteroatoms. The molecular formula is C18H16FN3O3S4. The second-order valence-corrected chi connectivity index (χ2v) is 10.9. The molecule has 0 spiro atoms. The Morgan fingerprint density at radius 1 is 1.24 bits per heavy atom. The highest BCUT2D eigenvalue weighted by Crippen LogP contribution is 2.29. The number of rotatable bonds is 6. The molecule has 1 aliphatic heterocycles. The van der Waals surface area contributed by atoms with E-state index in [0.29, 0.717) is 5.75 Å². The van der Waals surface area contributed by atoms with E-state index in [1.165, 1.54) is 39.5 Å². The first-order valence-electron chi connectivity index (χ1n) is 8.56. The molecule has 1 fully saturated rings. The molecule has 0 saturated carbocycles. The van der Waals surface area contributed by atoms with Gasteiger partial charge in [-0.15, -0.1) is 34.4 Å². The number of thioether (sulfide) groups is 1. The summed E-state index contributed by atoms with van der Waals surface area (Å²) in [6.07, 6.45) is 0. The number of thiazole rings is 1. The molecule has 0 radical (unpaired) electrons. The Labute approximate surface area is 179 Å². The van der Waals surface area contributed by atoms with Gasteiger partial charge in [-0.1, -0.05) is 6.07 Å². The fourth-order valence-electron chi connectivity index (χ4n) is 2.81. The van der Waals surface area contributed by atoms with Crippen molar-refractivity contribution < 1.29 is 17.6 Å². The van der Waals surface area contributed by atoms with E-state index in [1.54, 1.807) is 11.3 Å². The molecule has 1 saturated heterocycles. The summed E-state index contributed by atoms with van der Waals surface area (Å²) < 4.78 is 40.0. The largest absolute Gasteiger partial charge is 0.349 e. The number of carbonyl (C=O) groups is 1. The number of hydrogen-bond acceptors (Lipinski definition) is 7. The van der Waals surface area contributed by atoms with Crippen molar-refractivity contribution in [2.75, 3.05) is 11.6 Å². The number of aromatic nitrogens is 1. The summed E-state index contributed by atoms with van der Waals surface area (Å²) >= 11 is 4.47. The Bertz CT molecular complexity index is 1100. The van der Waals surface area contributed by atoms with Crippen LogP contribution in [0, 0.1) is 5.82 Å². The first-order chi connectivity index (χ1) is 13.9. The summed E-state index contributed by atoms with van der Waals surface area (Å²) in [5.41, 5.74) is 0.727. The maximum absolute atomic E-state index is 13.1. The van der Waals surface area contributed by atoms with Crippen LogP contribution in [0.1, 0.15) is 5.69 Å². The molecule has 2 aromatic heterocycles. The van der Waals surface area contributed by atoms with E-state index in [9.17, 15) is 17.6 Å². The number of thiophene rings is 1. The maximum Gasteiger partial charge on any atom is 0.244 e. The summed E-state index contributed by atoms with van der Waals surface area (Å²) in [6.45, 7) is 0.228. The minimum absolute atomic E-state index is 0.0284. The van der Waals surface area contributed by atoms with Crippen LogP contribution in [0.3, 0.4) is 0 Å². The summed E-state index contributed by atoms with van der Waals surface area (Å²) in [5.74, 6) is -0.341. The van der Waals surface area contributed by atoms with Gasteiger partial charge in [0.15, 0.2) is 0 Å². The monoisotopic (exact) mass is 469 g/mol. The van der Waals surface area contributed by atoms with Gasteiger partial charge in [-0.2, -0.15) is 4.31 Å². The SMILES string of the molecule is O=C(NCc1csc(-c2cccs2)n1)[C@H]1CSCN1S(=O)(=O)c1ccc(F)cc1. The van der Waals surface area contributed by atoms with E-state index in [0.717, 1.165) is 27.7 Å². The van der Waals surface area contributed by atoms with E-state index < -0.39 is 21.9 Å². The molecular weight excluding hydrogens is 453 g/mol. The Morgan fingerprint density at radius 3 is 2.76 bits per heavy atom. The van der Waals surface area contributed by atoms with Crippen LogP contribution in [0.4, 0.5) is 4.39 Å². The lowest BCUT2D eigenvalue weighted by molar-refractivity contribution is -0.124. The molecule has 152 valence electrons. The molecule has 0 aliphatic carbocycles. The van der Waals surface area contributed by atoms with E-state index in [-0.39, 0.29) is 23.2 Å². The highest BCUT2D eigenvalue weighted by atomic mass is 32.2. The number of halogens is 1. The van der Waals surface area contributed by atoms with Crippen LogP contribution in [0.25, 0.3) is 9.88 Å². The molecule has 29 heavy (non-hydrogen) atoms. The lowest BCUT2D eigenvalue weighted by Gasteiger charge is -2.22. The van der Waals surface area contributed by atoms with Gasteiger partial charge in [-0.05, 0) is 35.7 Å². The first-order valence-corrected chi connectivity index (χ1v) is 12.9. The predicted octanol–water partition coefficient (Wildman–Crippen LogP) is 3.39. The van der Waals surface area contributed by atoms with Gasteiger partial charge in [-0.25, -0.2) is 17.8 Å². The molecule has 4 rings (SSSR count). The number of benzene rings is 1. The topological polar surface area (TPSA) is 79.4 Å². The standard InChI is InChI=1S/C18H16FN3O3S4/c19-12-3-5-14(6-4-12)29(24,25)22-11-26-10-15(22)17(23)20-8-13-9-28-18(21-13)16-2-1-7-27-16/h1-7,9,15H,8,10-11H2,(H,20,23)/t15-/m1/s1. The zero-order valence-electron chi connectivity index (χ0n) is 14.9. The van der Waals surface area contributed by atoms with Gasteiger partial charge in [0.2, 0.25) is 15.9 Å². The second-order valence-electron chi connectivity index (χ2n) is 6.20. The van der Waals surface area contributed by atoms with E-state index in [1.807, 2.05) is 22.9 Å². The molecule has 1 atom stereocenters. The van der Waals surface area contributed by atoms with Crippen LogP contribution >= 0.6 is 34.4 Å². The summed E-state index contributed by atoms with van der Waals surface area (Å²) in [6, 6.07) is 7.74. The van der Waals surface area contributed by atoms with Crippen molar-refractivity contribution in [3.63, 3.8) is 0 Å². The van der Waals surface area contributed by atoms with Crippen LogP contribution in [0.5, 0.6) is 0 Å². The summed E-state index contributed by atoms with van der Waals surface area (Å²) in [7, 11) is -3.89. The minimum Gasteiger partial charge on any atom is -0.349 e. The van der Waals surface area contributed by atoms with Gasteiger partial charge in [-0.3, -0.25) is 4.79 Å². The smallest absolute Gasteiger partial charge is 0.244 e. The summed E-state index contributed by atoms with van der Waals surface area (Å²) in [5, 5.41) is 7.54. The second kappa shape index (κ2) is 8.52. The van der Waals surface area contributed by atoms with Crippen molar-refractivity contribution in [1.82, 2.24) is 14.6 Å². The first kappa shape index (κ1) is 20.5. The zero-order valence-corrected chi connectivity index (χ0v) is 18.2. The van der Waals surface area contributed by atoms with Gasteiger partial charge in [0, 0.05) is 11.1 Å². The zero-order chi connectivity index (χ0) is 20.4. The van der Waals surface area contributed by atoms with E-state index in [2.05, 4.69) is 10.3 Å². The van der Waals surface area contributed by atoms with Crippen molar-refractivity contribution in [3.05, 3.63) is 58.7 Å². The Balaban J connectivity index is 1.43. The highest BCUT2D eigenvalue weighted by molar-refractivity contribution is 8.00. The van der Waals surface area contributed by atoms with Crippen molar-refractivity contribution in [1.29, 1.82) is 0 Å². The normalized spacial score (nSPS) is 17.5. The Hall–Kier alpha value is -1.79. The Kier molecular flexibility index (Phi) is 6.02. The summed E-state index contributed by atoms with van der Waals surface area (Å²) in [4.78, 5) is 18.2. The number of amides is 1. The van der Waals surface area contributed by atoms with Crippen molar-refractivity contribution in [2.24, 2.45) is 0 Å². The average molecular weight is 470 g/mol. The fourth-order valence-corrected chi connectivity index (χ4v) is 7.59. The molecule has 6 nitrogen and oxygen atoms in total. The molecule has 0 bridgehead atoms. The molecule has 1 N–H and O–H groups in total. The molecule has 3 aromatic rings. The number of sulfonamides is 1. The highest BCUT2D eigenvalue weighted by Gasteiger charge is 2.39. The van der Waals surface area contributed by atoms with Gasteiger partial charge < -0.3 is 5.32 Å².